The molecule has 0 radical (unpaired) electrons. The van der Waals surface area contributed by atoms with E-state index < -0.39 is 0 Å². The maximum absolute atomic E-state index is 12.0. The number of benzene rings is 1. The normalized spacial score (nSPS) is 17.3. The van der Waals surface area contributed by atoms with E-state index >= 15 is 0 Å². The summed E-state index contributed by atoms with van der Waals surface area (Å²) in [5.41, 5.74) is 0.835. The van der Waals surface area contributed by atoms with Gasteiger partial charge in [-0.05, 0) is 67.9 Å². The van der Waals surface area contributed by atoms with Crippen molar-refractivity contribution in [1.29, 1.82) is 0 Å². The van der Waals surface area contributed by atoms with Crippen LogP contribution in [0.4, 0.5) is 5.69 Å². The minimum atomic E-state index is 0.0885. The first-order chi connectivity index (χ1) is 11.2. The molecule has 2 heterocycles. The standard InChI is InChI=1S/C16H21N5OS/c1-21-11-18-20-16(21)23-14-5-3-13(4-6-14)19-15(22)7-2-12-8-9-17-10-12/h3-6,11-12,17H,2,7-10H2,1H3,(H,19,22). The van der Waals surface area contributed by atoms with Crippen LogP contribution in [0.25, 0.3) is 0 Å². The molecule has 1 aliphatic rings. The van der Waals surface area contributed by atoms with Gasteiger partial charge in [-0.1, -0.05) is 0 Å². The van der Waals surface area contributed by atoms with E-state index in [4.69, 9.17) is 0 Å². The molecular formula is C16H21N5OS. The fourth-order valence-electron chi connectivity index (χ4n) is 2.60. The van der Waals surface area contributed by atoms with Crippen molar-refractivity contribution in [3.63, 3.8) is 0 Å². The van der Waals surface area contributed by atoms with Crippen LogP contribution in [0.1, 0.15) is 19.3 Å². The Morgan fingerprint density at radius 1 is 1.43 bits per heavy atom. The van der Waals surface area contributed by atoms with Crippen molar-refractivity contribution in [2.45, 2.75) is 29.3 Å². The number of rotatable bonds is 6. The highest BCUT2D eigenvalue weighted by atomic mass is 32.2. The molecule has 0 bridgehead atoms. The number of hydrogen-bond donors (Lipinski definition) is 2. The van der Waals surface area contributed by atoms with Gasteiger partial charge in [-0.15, -0.1) is 10.2 Å². The quantitative estimate of drug-likeness (QED) is 0.850. The minimum Gasteiger partial charge on any atom is -0.326 e. The zero-order valence-corrected chi connectivity index (χ0v) is 14.0. The lowest BCUT2D eigenvalue weighted by Crippen LogP contribution is -2.14. The van der Waals surface area contributed by atoms with E-state index in [-0.39, 0.29) is 5.91 Å². The first-order valence-corrected chi connectivity index (χ1v) is 8.65. The Kier molecular flexibility index (Phi) is 5.30. The smallest absolute Gasteiger partial charge is 0.224 e. The van der Waals surface area contributed by atoms with E-state index in [2.05, 4.69) is 20.8 Å². The molecule has 1 fully saturated rings. The van der Waals surface area contributed by atoms with Gasteiger partial charge in [0.1, 0.15) is 6.33 Å². The van der Waals surface area contributed by atoms with Crippen LogP contribution in [-0.4, -0.2) is 33.8 Å². The fourth-order valence-corrected chi connectivity index (χ4v) is 3.36. The van der Waals surface area contributed by atoms with Gasteiger partial charge in [-0.2, -0.15) is 0 Å². The van der Waals surface area contributed by atoms with Crippen molar-refractivity contribution in [3.8, 4) is 0 Å². The predicted molar refractivity (Wildman–Crippen MR) is 90.4 cm³/mol. The third-order valence-corrected chi connectivity index (χ3v) is 5.02. The van der Waals surface area contributed by atoms with Crippen LogP contribution in [0.2, 0.25) is 0 Å². The molecule has 2 N–H and O–H groups in total. The van der Waals surface area contributed by atoms with E-state index in [1.807, 2.05) is 35.9 Å². The van der Waals surface area contributed by atoms with Crippen LogP contribution < -0.4 is 10.6 Å². The van der Waals surface area contributed by atoms with Gasteiger partial charge in [-0.3, -0.25) is 4.79 Å². The summed E-state index contributed by atoms with van der Waals surface area (Å²) in [5.74, 6) is 0.733. The zero-order valence-electron chi connectivity index (χ0n) is 13.2. The predicted octanol–water partition coefficient (Wildman–Crippen LogP) is 2.29. The largest absolute Gasteiger partial charge is 0.326 e. The lowest BCUT2D eigenvalue weighted by Gasteiger charge is -2.09. The summed E-state index contributed by atoms with van der Waals surface area (Å²) in [6, 6.07) is 7.81. The van der Waals surface area contributed by atoms with Gasteiger partial charge in [0, 0.05) is 24.1 Å². The number of carbonyl (C=O) groups excluding carboxylic acids is 1. The highest BCUT2D eigenvalue weighted by molar-refractivity contribution is 7.99. The first kappa shape index (κ1) is 16.0. The van der Waals surface area contributed by atoms with E-state index in [0.717, 1.165) is 35.2 Å². The van der Waals surface area contributed by atoms with Gasteiger partial charge < -0.3 is 15.2 Å². The second-order valence-electron chi connectivity index (χ2n) is 5.80. The monoisotopic (exact) mass is 331 g/mol. The molecule has 0 spiro atoms. The molecule has 23 heavy (non-hydrogen) atoms. The van der Waals surface area contributed by atoms with Crippen LogP contribution in [0, 0.1) is 5.92 Å². The summed E-state index contributed by atoms with van der Waals surface area (Å²) in [7, 11) is 1.91. The Morgan fingerprint density at radius 2 is 2.26 bits per heavy atom. The number of nitrogens with zero attached hydrogens (tertiary/aromatic N) is 3. The number of amides is 1. The second-order valence-corrected chi connectivity index (χ2v) is 6.84. The van der Waals surface area contributed by atoms with Gasteiger partial charge in [0.25, 0.3) is 0 Å². The molecule has 122 valence electrons. The van der Waals surface area contributed by atoms with Gasteiger partial charge in [-0.25, -0.2) is 0 Å². The lowest BCUT2D eigenvalue weighted by atomic mass is 10.0. The summed E-state index contributed by atoms with van der Waals surface area (Å²) in [4.78, 5) is 13.1. The average molecular weight is 331 g/mol. The Morgan fingerprint density at radius 3 is 2.91 bits per heavy atom. The lowest BCUT2D eigenvalue weighted by molar-refractivity contribution is -0.116. The Hall–Kier alpha value is -1.86. The van der Waals surface area contributed by atoms with Gasteiger partial charge >= 0.3 is 0 Å². The molecule has 1 saturated heterocycles. The van der Waals surface area contributed by atoms with Crippen molar-refractivity contribution in [2.24, 2.45) is 13.0 Å². The summed E-state index contributed by atoms with van der Waals surface area (Å²) >= 11 is 1.55. The van der Waals surface area contributed by atoms with Crippen LogP contribution in [0.15, 0.2) is 40.6 Å². The number of hydrogen-bond acceptors (Lipinski definition) is 5. The maximum Gasteiger partial charge on any atom is 0.224 e. The molecule has 0 saturated carbocycles. The fraction of sp³-hybridized carbons (Fsp3) is 0.438. The van der Waals surface area contributed by atoms with Crippen LogP contribution in [-0.2, 0) is 11.8 Å². The van der Waals surface area contributed by atoms with Gasteiger partial charge in [0.05, 0.1) is 0 Å². The second kappa shape index (κ2) is 7.61. The summed E-state index contributed by atoms with van der Waals surface area (Å²) in [6.45, 7) is 2.12. The highest BCUT2D eigenvalue weighted by Crippen LogP contribution is 2.26. The minimum absolute atomic E-state index is 0.0885. The van der Waals surface area contributed by atoms with E-state index in [9.17, 15) is 4.79 Å². The number of carbonyl (C=O) groups is 1. The summed E-state index contributed by atoms with van der Waals surface area (Å²) < 4.78 is 1.87. The third-order valence-electron chi connectivity index (χ3n) is 3.96. The maximum atomic E-state index is 12.0. The molecule has 1 amide bonds. The van der Waals surface area contributed by atoms with E-state index in [1.54, 1.807) is 18.1 Å². The molecular weight excluding hydrogens is 310 g/mol. The van der Waals surface area contributed by atoms with Crippen molar-refractivity contribution in [2.75, 3.05) is 18.4 Å². The van der Waals surface area contributed by atoms with Crippen LogP contribution in [0.3, 0.4) is 0 Å². The molecule has 1 aromatic heterocycles. The van der Waals surface area contributed by atoms with Crippen molar-refractivity contribution in [1.82, 2.24) is 20.1 Å². The molecule has 1 aliphatic heterocycles. The summed E-state index contributed by atoms with van der Waals surface area (Å²) in [5, 5.41) is 15.0. The van der Waals surface area contributed by atoms with Crippen molar-refractivity contribution in [3.05, 3.63) is 30.6 Å². The molecule has 1 unspecified atom stereocenters. The molecule has 0 aliphatic carbocycles. The van der Waals surface area contributed by atoms with Crippen LogP contribution in [0.5, 0.6) is 0 Å². The van der Waals surface area contributed by atoms with Gasteiger partial charge in [0.2, 0.25) is 5.91 Å². The Labute approximate surface area is 140 Å². The number of nitrogens with one attached hydrogen (secondary N) is 2. The molecule has 7 heteroatoms. The van der Waals surface area contributed by atoms with Crippen LogP contribution >= 0.6 is 11.8 Å². The Balaban J connectivity index is 1.48. The van der Waals surface area contributed by atoms with Gasteiger partial charge in [0.15, 0.2) is 5.16 Å². The molecule has 3 rings (SSSR count). The zero-order chi connectivity index (χ0) is 16.1. The third kappa shape index (κ3) is 4.56. The average Bonchev–Trinajstić information content (AvgIpc) is 3.20. The van der Waals surface area contributed by atoms with E-state index in [1.165, 1.54) is 6.42 Å². The van der Waals surface area contributed by atoms with Crippen molar-refractivity contribution >= 4 is 23.4 Å². The Bertz CT molecular complexity index is 649. The topological polar surface area (TPSA) is 71.8 Å². The molecule has 2 aromatic rings. The number of aryl methyl sites for hydroxylation is 1. The molecule has 1 aromatic carbocycles. The summed E-state index contributed by atoms with van der Waals surface area (Å²) in [6.07, 6.45) is 4.40. The molecule has 1 atom stereocenters. The first-order valence-electron chi connectivity index (χ1n) is 7.83. The molecule has 6 nitrogen and oxygen atoms in total. The highest BCUT2D eigenvalue weighted by Gasteiger charge is 2.15. The van der Waals surface area contributed by atoms with Crippen molar-refractivity contribution < 1.29 is 4.79 Å². The SMILES string of the molecule is Cn1cnnc1Sc1ccc(NC(=O)CCC2CCNC2)cc1. The number of anilines is 1. The van der Waals surface area contributed by atoms with E-state index in [0.29, 0.717) is 12.3 Å². The number of aromatic nitrogens is 3.